The number of fused-ring (bicyclic) bond motifs is 1. The van der Waals surface area contributed by atoms with Crippen LogP contribution in [0.3, 0.4) is 0 Å². The number of nitrogens with two attached hydrogens (primary N) is 1. The Labute approximate surface area is 159 Å². The van der Waals surface area contributed by atoms with Crippen LogP contribution < -0.4 is 11.1 Å². The van der Waals surface area contributed by atoms with Gasteiger partial charge in [-0.15, -0.1) is 0 Å². The third-order valence-corrected chi connectivity index (χ3v) is 5.78. The van der Waals surface area contributed by atoms with Gasteiger partial charge in [0.15, 0.2) is 0 Å². The fourth-order valence-corrected chi connectivity index (χ4v) is 3.68. The molecular formula is C18H19FIN5. The standard InChI is InChI=1S/C18H19FIN5/c1-10(24-18-16(20)17(21)22-9-23-18)15-7-11-3-2-4-14(19)13(11)8-25(15)12-5-6-12/h2-4,7,9-10,12H,5-6,8H2,1H3,(H3,21,22,23,24)/t10-/m0/s1. The maximum atomic E-state index is 14.2. The summed E-state index contributed by atoms with van der Waals surface area (Å²) >= 11 is 2.15. The van der Waals surface area contributed by atoms with Gasteiger partial charge in [0.05, 0.1) is 9.61 Å². The molecule has 1 aromatic carbocycles. The van der Waals surface area contributed by atoms with E-state index in [1.165, 1.54) is 12.4 Å². The van der Waals surface area contributed by atoms with Gasteiger partial charge < -0.3 is 16.0 Å². The predicted molar refractivity (Wildman–Crippen MR) is 105 cm³/mol. The molecular weight excluding hydrogens is 432 g/mol. The van der Waals surface area contributed by atoms with Crippen LogP contribution in [0.15, 0.2) is 30.2 Å². The Bertz CT molecular complexity index is 849. The van der Waals surface area contributed by atoms with Gasteiger partial charge in [-0.1, -0.05) is 12.1 Å². The van der Waals surface area contributed by atoms with E-state index in [1.54, 1.807) is 6.07 Å². The number of hydrogen-bond acceptors (Lipinski definition) is 5. The fraction of sp³-hybridized carbons (Fsp3) is 0.333. The molecule has 1 aliphatic heterocycles. The third kappa shape index (κ3) is 3.17. The molecule has 0 saturated heterocycles. The molecule has 1 aromatic heterocycles. The highest BCUT2D eigenvalue weighted by Gasteiger charge is 2.35. The summed E-state index contributed by atoms with van der Waals surface area (Å²) < 4.78 is 15.0. The minimum Gasteiger partial charge on any atom is -0.383 e. The zero-order valence-electron chi connectivity index (χ0n) is 13.8. The highest BCUT2D eigenvalue weighted by Crippen LogP contribution is 2.38. The topological polar surface area (TPSA) is 67.1 Å². The summed E-state index contributed by atoms with van der Waals surface area (Å²) in [4.78, 5) is 10.6. The summed E-state index contributed by atoms with van der Waals surface area (Å²) in [5.41, 5.74) is 8.78. The minimum atomic E-state index is -0.128. The molecule has 130 valence electrons. The number of nitrogens with one attached hydrogen (secondary N) is 1. The van der Waals surface area contributed by atoms with Gasteiger partial charge in [-0.3, -0.25) is 0 Å². The molecule has 2 aromatic rings. The average molecular weight is 451 g/mol. The molecule has 0 radical (unpaired) electrons. The highest BCUT2D eigenvalue weighted by atomic mass is 127. The van der Waals surface area contributed by atoms with Crippen LogP contribution in [0, 0.1) is 9.39 Å². The predicted octanol–water partition coefficient (Wildman–Crippen LogP) is 3.62. The molecule has 1 atom stereocenters. The zero-order chi connectivity index (χ0) is 17.6. The van der Waals surface area contributed by atoms with Crippen LogP contribution in [0.2, 0.25) is 0 Å². The smallest absolute Gasteiger partial charge is 0.145 e. The maximum Gasteiger partial charge on any atom is 0.145 e. The van der Waals surface area contributed by atoms with E-state index in [9.17, 15) is 4.39 Å². The van der Waals surface area contributed by atoms with Crippen molar-refractivity contribution in [3.05, 3.63) is 50.7 Å². The van der Waals surface area contributed by atoms with E-state index in [4.69, 9.17) is 5.73 Å². The van der Waals surface area contributed by atoms with Crippen LogP contribution >= 0.6 is 22.6 Å². The van der Waals surface area contributed by atoms with Crippen molar-refractivity contribution in [3.63, 3.8) is 0 Å². The molecule has 1 fully saturated rings. The average Bonchev–Trinajstić information content (AvgIpc) is 3.43. The molecule has 5 nitrogen and oxygen atoms in total. The molecule has 2 heterocycles. The van der Waals surface area contributed by atoms with Crippen LogP contribution in [0.4, 0.5) is 16.0 Å². The van der Waals surface area contributed by atoms with E-state index < -0.39 is 0 Å². The molecule has 2 aliphatic rings. The Balaban J connectivity index is 1.67. The molecule has 0 bridgehead atoms. The van der Waals surface area contributed by atoms with Gasteiger partial charge in [-0.05, 0) is 60.1 Å². The Morgan fingerprint density at radius 1 is 1.36 bits per heavy atom. The van der Waals surface area contributed by atoms with Crippen LogP contribution in [0.5, 0.6) is 0 Å². The van der Waals surface area contributed by atoms with Crippen molar-refractivity contribution in [1.29, 1.82) is 0 Å². The lowest BCUT2D eigenvalue weighted by molar-refractivity contribution is 0.304. The van der Waals surface area contributed by atoms with Crippen LogP contribution in [0.1, 0.15) is 30.9 Å². The monoisotopic (exact) mass is 451 g/mol. The summed E-state index contributed by atoms with van der Waals surface area (Å²) in [6, 6.07) is 5.80. The lowest BCUT2D eigenvalue weighted by atomic mass is 9.98. The number of nitrogen functional groups attached to an aromatic ring is 1. The van der Waals surface area contributed by atoms with E-state index in [0.717, 1.165) is 39.1 Å². The number of hydrogen-bond donors (Lipinski definition) is 2. The molecule has 1 saturated carbocycles. The number of nitrogens with zero attached hydrogens (tertiary/aromatic N) is 3. The summed E-state index contributed by atoms with van der Waals surface area (Å²) in [5.74, 6) is 1.06. The fourth-order valence-electron chi connectivity index (χ4n) is 3.24. The largest absolute Gasteiger partial charge is 0.383 e. The Morgan fingerprint density at radius 2 is 2.16 bits per heavy atom. The van der Waals surface area contributed by atoms with Crippen LogP contribution in [-0.2, 0) is 6.54 Å². The lowest BCUT2D eigenvalue weighted by Gasteiger charge is -2.35. The molecule has 0 spiro atoms. The van der Waals surface area contributed by atoms with Gasteiger partial charge >= 0.3 is 0 Å². The summed E-state index contributed by atoms with van der Waals surface area (Å²) in [5, 5.41) is 3.44. The van der Waals surface area contributed by atoms with Crippen molar-refractivity contribution < 1.29 is 4.39 Å². The normalized spacial score (nSPS) is 17.7. The van der Waals surface area contributed by atoms with Crippen molar-refractivity contribution in [1.82, 2.24) is 14.9 Å². The number of rotatable bonds is 4. The van der Waals surface area contributed by atoms with E-state index in [1.807, 2.05) is 6.07 Å². The van der Waals surface area contributed by atoms with Crippen LogP contribution in [0.25, 0.3) is 6.08 Å². The van der Waals surface area contributed by atoms with E-state index >= 15 is 0 Å². The molecule has 0 amide bonds. The molecule has 3 N–H and O–H groups in total. The maximum absolute atomic E-state index is 14.2. The Hall–Kier alpha value is -1.90. The second-order valence-electron chi connectivity index (χ2n) is 6.52. The second-order valence-corrected chi connectivity index (χ2v) is 7.60. The first kappa shape index (κ1) is 16.6. The van der Waals surface area contributed by atoms with E-state index in [0.29, 0.717) is 18.4 Å². The van der Waals surface area contributed by atoms with E-state index in [-0.39, 0.29) is 11.9 Å². The minimum absolute atomic E-state index is 0.0276. The van der Waals surface area contributed by atoms with Gasteiger partial charge in [0, 0.05) is 23.8 Å². The van der Waals surface area contributed by atoms with Crippen molar-refractivity contribution in [2.45, 2.75) is 38.4 Å². The third-order valence-electron chi connectivity index (χ3n) is 4.72. The quantitative estimate of drug-likeness (QED) is 0.696. The van der Waals surface area contributed by atoms with Gasteiger partial charge in [-0.2, -0.15) is 0 Å². The van der Waals surface area contributed by atoms with Gasteiger partial charge in [0.1, 0.15) is 23.8 Å². The highest BCUT2D eigenvalue weighted by molar-refractivity contribution is 14.1. The second kappa shape index (κ2) is 6.44. The summed E-state index contributed by atoms with van der Waals surface area (Å²) in [6.07, 6.45) is 5.87. The molecule has 1 aliphatic carbocycles. The zero-order valence-corrected chi connectivity index (χ0v) is 16.0. The molecule has 25 heavy (non-hydrogen) atoms. The molecule has 4 rings (SSSR count). The Morgan fingerprint density at radius 3 is 2.92 bits per heavy atom. The number of halogens is 2. The summed E-state index contributed by atoms with van der Waals surface area (Å²) in [7, 11) is 0. The summed E-state index contributed by atoms with van der Waals surface area (Å²) in [6.45, 7) is 2.72. The van der Waals surface area contributed by atoms with Crippen LogP contribution in [-0.4, -0.2) is 27.0 Å². The van der Waals surface area contributed by atoms with E-state index in [2.05, 4.69) is 55.8 Å². The lowest BCUT2D eigenvalue weighted by Crippen LogP contribution is -2.36. The molecule has 0 unspecified atom stereocenters. The number of benzene rings is 1. The van der Waals surface area contributed by atoms with Crippen molar-refractivity contribution in [2.24, 2.45) is 0 Å². The van der Waals surface area contributed by atoms with Crippen molar-refractivity contribution in [3.8, 4) is 0 Å². The van der Waals surface area contributed by atoms with Gasteiger partial charge in [0.25, 0.3) is 0 Å². The van der Waals surface area contributed by atoms with Gasteiger partial charge in [-0.25, -0.2) is 14.4 Å². The van der Waals surface area contributed by atoms with Gasteiger partial charge in [0.2, 0.25) is 0 Å². The first-order valence-electron chi connectivity index (χ1n) is 8.32. The first-order chi connectivity index (χ1) is 12.0. The Kier molecular flexibility index (Phi) is 4.26. The SMILES string of the molecule is C[C@H](Nc1ncnc(N)c1I)C1=Cc2cccc(F)c2CN1C1CC1. The first-order valence-corrected chi connectivity index (χ1v) is 9.40. The number of anilines is 2. The van der Waals surface area contributed by atoms with Crippen molar-refractivity contribution >= 4 is 40.3 Å². The molecule has 7 heteroatoms. The van der Waals surface area contributed by atoms with Crippen molar-refractivity contribution in [2.75, 3.05) is 11.1 Å². The number of aromatic nitrogens is 2.